The molecular weight excluding hydrogens is 835 g/mol. The summed E-state index contributed by atoms with van der Waals surface area (Å²) in [4.78, 5) is 13.1. The standard InChI is InChI=1S/C59H93NO7/c1-7-13-19-24-29-35-62-53-40-47-48-41-54(63-36-30-25-20-14-8-2)56(65-38-32-27-22-16-10-4)43-50(48)52-45-58(67-46-59(61)60-34-18-12-6)57(66-39-33-28-23-17-11-5)44-51(52)49(47)42-55(53)64-37-31-26-21-15-9-3/h40-45H,7-39,46H2,1-6H3,(H,60,61). The van der Waals surface area contributed by atoms with E-state index in [4.69, 9.17) is 28.4 Å². The molecule has 67 heavy (non-hydrogen) atoms. The minimum atomic E-state index is -0.136. The van der Waals surface area contributed by atoms with Gasteiger partial charge < -0.3 is 33.7 Å². The minimum absolute atomic E-state index is 0.0916. The molecule has 0 bridgehead atoms. The Morgan fingerprint density at radius 1 is 0.313 bits per heavy atom. The molecule has 1 N–H and O–H groups in total. The third-order valence-electron chi connectivity index (χ3n) is 12.9. The summed E-state index contributed by atoms with van der Waals surface area (Å²) in [6.45, 7) is 17.0. The van der Waals surface area contributed by atoms with Crippen LogP contribution in [0.1, 0.15) is 215 Å². The normalized spacial score (nSPS) is 11.4. The van der Waals surface area contributed by atoms with Crippen LogP contribution in [0.2, 0.25) is 0 Å². The van der Waals surface area contributed by atoms with E-state index in [1.165, 1.54) is 96.3 Å². The van der Waals surface area contributed by atoms with E-state index in [0.717, 1.165) is 132 Å². The monoisotopic (exact) mass is 928 g/mol. The van der Waals surface area contributed by atoms with E-state index < -0.39 is 0 Å². The van der Waals surface area contributed by atoms with Crippen molar-refractivity contribution in [2.45, 2.75) is 215 Å². The maximum atomic E-state index is 13.1. The second-order valence-electron chi connectivity index (χ2n) is 18.8. The summed E-state index contributed by atoms with van der Waals surface area (Å²) < 4.78 is 39.9. The van der Waals surface area contributed by atoms with Crippen LogP contribution in [0.3, 0.4) is 0 Å². The number of hydrogen-bond acceptors (Lipinski definition) is 7. The van der Waals surface area contributed by atoms with Crippen LogP contribution >= 0.6 is 0 Å². The zero-order chi connectivity index (χ0) is 47.7. The Bertz CT molecular complexity index is 1910. The fraction of sp³-hybridized carbons (Fsp3) is 0.678. The van der Waals surface area contributed by atoms with Gasteiger partial charge in [-0.2, -0.15) is 0 Å². The van der Waals surface area contributed by atoms with Crippen LogP contribution in [-0.4, -0.2) is 52.1 Å². The first-order valence-corrected chi connectivity index (χ1v) is 27.6. The largest absolute Gasteiger partial charge is 0.490 e. The lowest BCUT2D eigenvalue weighted by atomic mass is 9.93. The molecule has 0 saturated carbocycles. The fourth-order valence-corrected chi connectivity index (χ4v) is 8.73. The molecule has 0 unspecified atom stereocenters. The number of carbonyl (C=O) groups is 1. The first-order valence-electron chi connectivity index (χ1n) is 27.6. The highest BCUT2D eigenvalue weighted by molar-refractivity contribution is 6.26. The molecule has 0 aliphatic rings. The summed E-state index contributed by atoms with van der Waals surface area (Å²) in [6.07, 6.45) is 30.9. The Morgan fingerprint density at radius 3 is 0.776 bits per heavy atom. The van der Waals surface area contributed by atoms with Gasteiger partial charge in [-0.3, -0.25) is 4.79 Å². The minimum Gasteiger partial charge on any atom is -0.490 e. The number of ether oxygens (including phenoxy) is 6. The number of benzene rings is 4. The molecule has 8 nitrogen and oxygen atoms in total. The van der Waals surface area contributed by atoms with Gasteiger partial charge in [0.15, 0.2) is 41.1 Å². The summed E-state index contributed by atoms with van der Waals surface area (Å²) in [6, 6.07) is 13.0. The lowest BCUT2D eigenvalue weighted by Gasteiger charge is -2.21. The highest BCUT2D eigenvalue weighted by atomic mass is 16.5. The summed E-state index contributed by atoms with van der Waals surface area (Å²) in [7, 11) is 0. The van der Waals surface area contributed by atoms with E-state index in [1.807, 2.05) is 0 Å². The number of hydrogen-bond donors (Lipinski definition) is 1. The van der Waals surface area contributed by atoms with Crippen LogP contribution < -0.4 is 33.7 Å². The third kappa shape index (κ3) is 19.8. The average molecular weight is 928 g/mol. The topological polar surface area (TPSA) is 84.5 Å². The number of amides is 1. The summed E-state index contributed by atoms with van der Waals surface area (Å²) in [5, 5.41) is 9.22. The fourth-order valence-electron chi connectivity index (χ4n) is 8.73. The second kappa shape index (κ2) is 34.3. The number of rotatable bonds is 41. The number of carbonyl (C=O) groups excluding carboxylic acids is 1. The molecule has 0 spiro atoms. The Kier molecular flexibility index (Phi) is 28.4. The molecule has 4 aromatic carbocycles. The van der Waals surface area contributed by atoms with Crippen molar-refractivity contribution < 1.29 is 33.2 Å². The molecule has 0 atom stereocenters. The van der Waals surface area contributed by atoms with Gasteiger partial charge >= 0.3 is 0 Å². The average Bonchev–Trinajstić information content (AvgIpc) is 3.34. The van der Waals surface area contributed by atoms with Crippen molar-refractivity contribution in [2.75, 3.05) is 46.2 Å². The molecule has 0 aliphatic carbocycles. The Morgan fingerprint density at radius 2 is 0.537 bits per heavy atom. The van der Waals surface area contributed by atoms with Crippen molar-refractivity contribution in [2.24, 2.45) is 0 Å². The van der Waals surface area contributed by atoms with Crippen LogP contribution in [0.15, 0.2) is 36.4 Å². The lowest BCUT2D eigenvalue weighted by Crippen LogP contribution is -2.29. The van der Waals surface area contributed by atoms with E-state index in [1.54, 1.807) is 0 Å². The van der Waals surface area contributed by atoms with Crippen LogP contribution in [0.5, 0.6) is 34.5 Å². The predicted octanol–water partition coefficient (Wildman–Crippen LogP) is 17.2. The molecule has 0 aliphatic heterocycles. The van der Waals surface area contributed by atoms with Crippen molar-refractivity contribution in [1.29, 1.82) is 0 Å². The van der Waals surface area contributed by atoms with Crippen LogP contribution in [-0.2, 0) is 4.79 Å². The predicted molar refractivity (Wildman–Crippen MR) is 284 cm³/mol. The van der Waals surface area contributed by atoms with E-state index in [0.29, 0.717) is 51.1 Å². The molecule has 0 aromatic heterocycles. The van der Waals surface area contributed by atoms with Gasteiger partial charge in [-0.05, 0) is 107 Å². The number of unbranched alkanes of at least 4 members (excludes halogenated alkanes) is 21. The van der Waals surface area contributed by atoms with Gasteiger partial charge in [-0.1, -0.05) is 176 Å². The van der Waals surface area contributed by atoms with E-state index >= 15 is 0 Å². The number of nitrogens with one attached hydrogen (secondary N) is 1. The zero-order valence-electron chi connectivity index (χ0n) is 43.4. The van der Waals surface area contributed by atoms with Crippen molar-refractivity contribution in [1.82, 2.24) is 5.32 Å². The van der Waals surface area contributed by atoms with E-state index in [9.17, 15) is 4.79 Å². The molecule has 4 rings (SSSR count). The quantitative estimate of drug-likeness (QED) is 0.0351. The van der Waals surface area contributed by atoms with Crippen molar-refractivity contribution >= 4 is 38.2 Å². The molecule has 0 fully saturated rings. The summed E-state index contributed by atoms with van der Waals surface area (Å²) in [5.41, 5.74) is 0. The van der Waals surface area contributed by atoms with E-state index in [-0.39, 0.29) is 12.5 Å². The molecule has 0 heterocycles. The molecule has 0 radical (unpaired) electrons. The zero-order valence-corrected chi connectivity index (χ0v) is 43.4. The van der Waals surface area contributed by atoms with Gasteiger partial charge in [0.05, 0.1) is 33.0 Å². The highest BCUT2D eigenvalue weighted by Crippen LogP contribution is 2.47. The maximum absolute atomic E-state index is 13.1. The Hall–Kier alpha value is -4.07. The molecule has 4 aromatic rings. The highest BCUT2D eigenvalue weighted by Gasteiger charge is 2.21. The summed E-state index contributed by atoms with van der Waals surface area (Å²) in [5.74, 6) is 4.14. The van der Waals surface area contributed by atoms with Gasteiger partial charge in [0.2, 0.25) is 0 Å². The van der Waals surface area contributed by atoms with Crippen LogP contribution in [0.4, 0.5) is 0 Å². The van der Waals surface area contributed by atoms with Crippen molar-refractivity contribution in [3.63, 3.8) is 0 Å². The first kappa shape index (κ1) is 55.5. The first-order chi connectivity index (χ1) is 33.0. The van der Waals surface area contributed by atoms with Gasteiger partial charge in [0.1, 0.15) is 0 Å². The lowest BCUT2D eigenvalue weighted by molar-refractivity contribution is -0.123. The molecule has 376 valence electrons. The Labute approximate surface area is 407 Å². The molecule has 0 saturated heterocycles. The van der Waals surface area contributed by atoms with Crippen LogP contribution in [0.25, 0.3) is 32.3 Å². The van der Waals surface area contributed by atoms with Gasteiger partial charge in [0, 0.05) is 6.54 Å². The Balaban J connectivity index is 1.93. The SMILES string of the molecule is CCCCCCCOc1cc2c3cc(OCCCCCCC)c(OCCCCCCC)cc3c3cc(OCC(=O)NCCCC)c(OCCCCCCC)cc3c2cc1OCCCCCCC. The van der Waals surface area contributed by atoms with Crippen LogP contribution in [0, 0.1) is 0 Å². The third-order valence-corrected chi connectivity index (χ3v) is 12.9. The van der Waals surface area contributed by atoms with Gasteiger partial charge in [-0.25, -0.2) is 0 Å². The number of fused-ring (bicyclic) bond motifs is 6. The smallest absolute Gasteiger partial charge is 0.257 e. The molecule has 1 amide bonds. The van der Waals surface area contributed by atoms with Gasteiger partial charge in [0.25, 0.3) is 5.91 Å². The van der Waals surface area contributed by atoms with Gasteiger partial charge in [-0.15, -0.1) is 0 Å². The molecular formula is C59H93NO7. The van der Waals surface area contributed by atoms with E-state index in [2.05, 4.69) is 83.3 Å². The summed E-state index contributed by atoms with van der Waals surface area (Å²) >= 11 is 0. The molecule has 8 heteroatoms. The second-order valence-corrected chi connectivity index (χ2v) is 18.8. The van der Waals surface area contributed by atoms with Crippen molar-refractivity contribution in [3.8, 4) is 34.5 Å². The van der Waals surface area contributed by atoms with Crippen molar-refractivity contribution in [3.05, 3.63) is 36.4 Å². The maximum Gasteiger partial charge on any atom is 0.257 e.